The zero-order valence-corrected chi connectivity index (χ0v) is 19.2. The molecule has 0 aliphatic rings. The lowest BCUT2D eigenvalue weighted by Gasteiger charge is -2.18. The summed E-state index contributed by atoms with van der Waals surface area (Å²) in [4.78, 5) is 29.1. The SMILES string of the molecule is CCCC(=O)c1ccc2c(C(=O)[C@@H](NCCc3ccc(C#N)cc3)c3ccccc3)c[nH]c2c1. The fraction of sp³-hybridized carbons (Fsp3) is 0.207. The molecule has 0 aliphatic heterocycles. The molecule has 0 saturated carbocycles. The van der Waals surface area contributed by atoms with Gasteiger partial charge in [0.15, 0.2) is 11.6 Å². The van der Waals surface area contributed by atoms with Crippen LogP contribution in [0.25, 0.3) is 10.9 Å². The zero-order valence-electron chi connectivity index (χ0n) is 19.2. The first-order valence-electron chi connectivity index (χ1n) is 11.6. The molecule has 2 N–H and O–H groups in total. The third kappa shape index (κ3) is 5.14. The summed E-state index contributed by atoms with van der Waals surface area (Å²) in [7, 11) is 0. The summed E-state index contributed by atoms with van der Waals surface area (Å²) in [5.74, 6) is 0.0865. The number of benzene rings is 3. The molecule has 0 bridgehead atoms. The van der Waals surface area contributed by atoms with Crippen LogP contribution in [0.3, 0.4) is 0 Å². The van der Waals surface area contributed by atoms with E-state index >= 15 is 0 Å². The Kier molecular flexibility index (Phi) is 7.31. The molecule has 5 heteroatoms. The lowest BCUT2D eigenvalue weighted by Crippen LogP contribution is -2.30. The van der Waals surface area contributed by atoms with Crippen LogP contribution in [-0.4, -0.2) is 23.1 Å². The predicted molar refractivity (Wildman–Crippen MR) is 134 cm³/mol. The molecule has 0 spiro atoms. The Bertz CT molecular complexity index is 1330. The Hall–Kier alpha value is -4.01. The van der Waals surface area contributed by atoms with Crippen molar-refractivity contribution in [2.75, 3.05) is 6.54 Å². The molecule has 4 rings (SSSR count). The lowest BCUT2D eigenvalue weighted by atomic mass is 9.96. The molecule has 34 heavy (non-hydrogen) atoms. The maximum absolute atomic E-state index is 13.7. The van der Waals surface area contributed by atoms with Gasteiger partial charge in [0.25, 0.3) is 0 Å². The fourth-order valence-corrected chi connectivity index (χ4v) is 4.14. The molecule has 170 valence electrons. The number of ketones is 2. The first-order chi connectivity index (χ1) is 16.6. The van der Waals surface area contributed by atoms with Crippen molar-refractivity contribution in [3.8, 4) is 6.07 Å². The number of hydrogen-bond donors (Lipinski definition) is 2. The number of nitrogens with one attached hydrogen (secondary N) is 2. The number of carbonyl (C=O) groups excluding carboxylic acids is 2. The monoisotopic (exact) mass is 449 g/mol. The smallest absolute Gasteiger partial charge is 0.186 e. The molecule has 1 atom stereocenters. The van der Waals surface area contributed by atoms with Crippen molar-refractivity contribution in [2.24, 2.45) is 0 Å². The highest BCUT2D eigenvalue weighted by molar-refractivity contribution is 6.11. The Morgan fingerprint density at radius 1 is 1.03 bits per heavy atom. The first-order valence-corrected chi connectivity index (χ1v) is 11.6. The number of fused-ring (bicyclic) bond motifs is 1. The van der Waals surface area contributed by atoms with Gasteiger partial charge >= 0.3 is 0 Å². The molecule has 0 fully saturated rings. The molecule has 0 aliphatic carbocycles. The van der Waals surface area contributed by atoms with Gasteiger partial charge < -0.3 is 10.3 Å². The van der Waals surface area contributed by atoms with E-state index in [9.17, 15) is 9.59 Å². The highest BCUT2D eigenvalue weighted by atomic mass is 16.1. The van der Waals surface area contributed by atoms with Crippen molar-refractivity contribution in [1.82, 2.24) is 10.3 Å². The summed E-state index contributed by atoms with van der Waals surface area (Å²) in [6.07, 6.45) is 3.79. The number of hydrogen-bond acceptors (Lipinski definition) is 4. The van der Waals surface area contributed by atoms with Crippen LogP contribution in [-0.2, 0) is 6.42 Å². The van der Waals surface area contributed by atoms with E-state index in [1.54, 1.807) is 24.4 Å². The van der Waals surface area contributed by atoms with Crippen molar-refractivity contribution in [3.05, 3.63) is 107 Å². The molecule has 3 aromatic carbocycles. The average Bonchev–Trinajstić information content (AvgIpc) is 3.31. The molecule has 1 aromatic heterocycles. The maximum Gasteiger partial charge on any atom is 0.186 e. The Morgan fingerprint density at radius 3 is 2.50 bits per heavy atom. The molecule has 4 aromatic rings. The minimum Gasteiger partial charge on any atom is -0.360 e. The van der Waals surface area contributed by atoms with Crippen LogP contribution in [0.1, 0.15) is 63.2 Å². The lowest BCUT2D eigenvalue weighted by molar-refractivity contribution is 0.0943. The first kappa shape index (κ1) is 23.2. The number of nitrogens with zero attached hydrogens (tertiary/aromatic N) is 1. The molecule has 1 heterocycles. The molecule has 5 nitrogen and oxygen atoms in total. The van der Waals surface area contributed by atoms with Gasteiger partial charge in [-0.25, -0.2) is 0 Å². The second-order valence-electron chi connectivity index (χ2n) is 8.36. The van der Waals surface area contributed by atoms with Crippen LogP contribution in [0.5, 0.6) is 0 Å². The van der Waals surface area contributed by atoms with E-state index < -0.39 is 6.04 Å². The van der Waals surface area contributed by atoms with E-state index in [4.69, 9.17) is 5.26 Å². The largest absolute Gasteiger partial charge is 0.360 e. The second kappa shape index (κ2) is 10.7. The summed E-state index contributed by atoms with van der Waals surface area (Å²) < 4.78 is 0. The van der Waals surface area contributed by atoms with Crippen molar-refractivity contribution < 1.29 is 9.59 Å². The normalized spacial score (nSPS) is 11.8. The number of aromatic amines is 1. The van der Waals surface area contributed by atoms with Gasteiger partial charge in [-0.15, -0.1) is 0 Å². The quantitative estimate of drug-likeness (QED) is 0.301. The van der Waals surface area contributed by atoms with E-state index in [1.807, 2.05) is 61.5 Å². The molecule has 0 unspecified atom stereocenters. The highest BCUT2D eigenvalue weighted by Crippen LogP contribution is 2.26. The third-order valence-electron chi connectivity index (χ3n) is 5.99. The van der Waals surface area contributed by atoms with Crippen LogP contribution in [0, 0.1) is 11.3 Å². The number of carbonyl (C=O) groups is 2. The van der Waals surface area contributed by atoms with Crippen LogP contribution < -0.4 is 5.32 Å². The van der Waals surface area contributed by atoms with E-state index in [1.165, 1.54) is 0 Å². The fourth-order valence-electron chi connectivity index (χ4n) is 4.14. The number of nitriles is 1. The number of Topliss-reactive ketones (excluding diaryl/α,β-unsaturated/α-hetero) is 2. The number of rotatable bonds is 10. The van der Waals surface area contributed by atoms with Gasteiger partial charge in [0.2, 0.25) is 0 Å². The predicted octanol–water partition coefficient (Wildman–Crippen LogP) is 5.78. The van der Waals surface area contributed by atoms with Crippen molar-refractivity contribution >= 4 is 22.5 Å². The van der Waals surface area contributed by atoms with Gasteiger partial charge in [-0.3, -0.25) is 9.59 Å². The van der Waals surface area contributed by atoms with Gasteiger partial charge in [-0.05, 0) is 42.2 Å². The van der Waals surface area contributed by atoms with Gasteiger partial charge in [-0.1, -0.05) is 61.5 Å². The van der Waals surface area contributed by atoms with E-state index in [-0.39, 0.29) is 11.6 Å². The van der Waals surface area contributed by atoms with Crippen LogP contribution in [0.2, 0.25) is 0 Å². The van der Waals surface area contributed by atoms with Crippen LogP contribution in [0.15, 0.2) is 79.0 Å². The summed E-state index contributed by atoms with van der Waals surface area (Å²) in [5.41, 5.74) is 4.68. The average molecular weight is 450 g/mol. The summed E-state index contributed by atoms with van der Waals surface area (Å²) in [6, 6.07) is 24.3. The number of H-pyrrole nitrogens is 1. The molecule has 0 radical (unpaired) electrons. The minimum absolute atomic E-state index is 0.0232. The van der Waals surface area contributed by atoms with Crippen LogP contribution >= 0.6 is 0 Å². The molecular formula is C29H27N3O2. The van der Waals surface area contributed by atoms with Crippen molar-refractivity contribution in [3.63, 3.8) is 0 Å². The van der Waals surface area contributed by atoms with Crippen molar-refractivity contribution in [1.29, 1.82) is 5.26 Å². The standard InChI is InChI=1S/C29H27N3O2/c1-2-6-27(33)23-13-14-24-25(19-32-26(24)17-23)29(34)28(22-7-4-3-5-8-22)31-16-15-20-9-11-21(18-30)12-10-20/h3-5,7-14,17,19,28,31-32H,2,6,15-16H2,1H3/t28-/m0/s1. The summed E-state index contributed by atoms with van der Waals surface area (Å²) >= 11 is 0. The zero-order chi connectivity index (χ0) is 23.9. The van der Waals surface area contributed by atoms with Gasteiger partial charge in [0.05, 0.1) is 17.7 Å². The second-order valence-corrected chi connectivity index (χ2v) is 8.36. The molecule has 0 saturated heterocycles. The minimum atomic E-state index is -0.500. The van der Waals surface area contributed by atoms with E-state index in [0.717, 1.165) is 34.9 Å². The summed E-state index contributed by atoms with van der Waals surface area (Å²) in [6.45, 7) is 2.59. The topological polar surface area (TPSA) is 85.8 Å². The Labute approximate surface area is 199 Å². The van der Waals surface area contributed by atoms with Crippen LogP contribution in [0.4, 0.5) is 0 Å². The van der Waals surface area contributed by atoms with Gasteiger partial charge in [-0.2, -0.15) is 5.26 Å². The molecule has 0 amide bonds. The maximum atomic E-state index is 13.7. The van der Waals surface area contributed by atoms with Gasteiger partial charge in [0, 0.05) is 41.2 Å². The van der Waals surface area contributed by atoms with Gasteiger partial charge in [0.1, 0.15) is 0 Å². The Balaban J connectivity index is 1.56. The van der Waals surface area contributed by atoms with Crippen molar-refractivity contribution in [2.45, 2.75) is 32.2 Å². The van der Waals surface area contributed by atoms with E-state index in [0.29, 0.717) is 29.7 Å². The van der Waals surface area contributed by atoms with E-state index in [2.05, 4.69) is 16.4 Å². The summed E-state index contributed by atoms with van der Waals surface area (Å²) in [5, 5.41) is 13.2. The molecular weight excluding hydrogens is 422 g/mol. The number of aromatic nitrogens is 1. The Morgan fingerprint density at radius 2 is 1.79 bits per heavy atom. The highest BCUT2D eigenvalue weighted by Gasteiger charge is 2.24. The third-order valence-corrected chi connectivity index (χ3v) is 5.99.